The van der Waals surface area contributed by atoms with Crippen LogP contribution in [0.25, 0.3) is 0 Å². The number of imide groups is 1. The van der Waals surface area contributed by atoms with Gasteiger partial charge in [0.1, 0.15) is 17.6 Å². The molecule has 3 fully saturated rings. The minimum Gasteiger partial charge on any atom is -0.497 e. The monoisotopic (exact) mass is 418 g/mol. The number of fused-ring (bicyclic) bond motifs is 8. The summed E-state index contributed by atoms with van der Waals surface area (Å²) in [5, 5.41) is 4.39. The normalized spacial score (nSPS) is 32.6. The number of carbonyl (C=O) groups excluding carboxylic acids is 2. The van der Waals surface area contributed by atoms with Gasteiger partial charge in [-0.05, 0) is 60.9 Å². The van der Waals surface area contributed by atoms with Crippen LogP contribution < -0.4 is 14.4 Å². The van der Waals surface area contributed by atoms with E-state index in [1.54, 1.807) is 38.5 Å². The zero-order valence-electron chi connectivity index (χ0n) is 17.2. The van der Waals surface area contributed by atoms with Crippen molar-refractivity contribution in [2.75, 3.05) is 19.1 Å². The van der Waals surface area contributed by atoms with Gasteiger partial charge in [-0.3, -0.25) is 14.5 Å². The first-order valence-electron chi connectivity index (χ1n) is 10.5. The van der Waals surface area contributed by atoms with E-state index in [-0.39, 0.29) is 47.5 Å². The number of benzene rings is 2. The van der Waals surface area contributed by atoms with Crippen LogP contribution in [0.5, 0.6) is 11.5 Å². The lowest BCUT2D eigenvalue weighted by Crippen LogP contribution is -2.41. The minimum atomic E-state index is -0.328. The number of hydrogen-bond donors (Lipinski definition) is 0. The highest BCUT2D eigenvalue weighted by molar-refractivity contribution is 6.23. The molecule has 2 aromatic rings. The fourth-order valence-electron chi connectivity index (χ4n) is 6.11. The zero-order valence-corrected chi connectivity index (χ0v) is 17.2. The van der Waals surface area contributed by atoms with Crippen molar-refractivity contribution < 1.29 is 23.9 Å². The van der Waals surface area contributed by atoms with E-state index < -0.39 is 0 Å². The molecule has 2 aromatic carbocycles. The molecule has 2 heterocycles. The van der Waals surface area contributed by atoms with Gasteiger partial charge < -0.3 is 14.3 Å². The van der Waals surface area contributed by atoms with Crippen molar-refractivity contribution >= 4 is 23.2 Å². The van der Waals surface area contributed by atoms with Crippen molar-refractivity contribution in [3.63, 3.8) is 0 Å². The van der Waals surface area contributed by atoms with Crippen molar-refractivity contribution in [3.8, 4) is 11.5 Å². The van der Waals surface area contributed by atoms with Crippen LogP contribution in [0.4, 0.5) is 5.69 Å². The van der Waals surface area contributed by atoms with Gasteiger partial charge in [-0.1, -0.05) is 5.16 Å². The standard InChI is InChI=1S/C24H22N2O5/c1-29-14-7-3-12(4-8-14)21-20-16-11-17(22(20)31-25-21)19-18(16)23(27)26(24(19)28)13-5-9-15(30-2)10-6-13/h3-10,16-20,22H,11H2,1-2H3/t16-,17-,18-,19-,20+,22+/m1/s1. The van der Waals surface area contributed by atoms with Gasteiger partial charge in [-0.2, -0.15) is 0 Å². The van der Waals surface area contributed by atoms with Gasteiger partial charge in [0.15, 0.2) is 0 Å². The molecule has 2 bridgehead atoms. The van der Waals surface area contributed by atoms with E-state index in [4.69, 9.17) is 14.3 Å². The van der Waals surface area contributed by atoms with Gasteiger partial charge in [-0.25, -0.2) is 0 Å². The fraction of sp³-hybridized carbons (Fsp3) is 0.375. The molecule has 0 N–H and O–H groups in total. The molecule has 4 aliphatic rings. The maximum absolute atomic E-state index is 13.4. The molecule has 0 radical (unpaired) electrons. The number of amides is 2. The van der Waals surface area contributed by atoms with Crippen LogP contribution in [-0.4, -0.2) is 37.8 Å². The Labute approximate surface area is 179 Å². The van der Waals surface area contributed by atoms with Gasteiger partial charge in [0.25, 0.3) is 0 Å². The predicted octanol–water partition coefficient (Wildman–Crippen LogP) is 2.88. The van der Waals surface area contributed by atoms with Crippen molar-refractivity contribution in [3.05, 3.63) is 54.1 Å². The van der Waals surface area contributed by atoms with Gasteiger partial charge in [0, 0.05) is 17.4 Å². The average molecular weight is 418 g/mol. The first-order valence-corrected chi connectivity index (χ1v) is 10.5. The third kappa shape index (κ3) is 2.43. The molecule has 2 aliphatic heterocycles. The first-order chi connectivity index (χ1) is 15.1. The van der Waals surface area contributed by atoms with E-state index in [1.807, 2.05) is 24.3 Å². The molecular weight excluding hydrogens is 396 g/mol. The lowest BCUT2D eigenvalue weighted by atomic mass is 9.71. The van der Waals surface area contributed by atoms with E-state index in [1.165, 1.54) is 4.90 Å². The minimum absolute atomic E-state index is 0.0131. The summed E-state index contributed by atoms with van der Waals surface area (Å²) in [7, 11) is 3.22. The lowest BCUT2D eigenvalue weighted by molar-refractivity contribution is -0.125. The van der Waals surface area contributed by atoms with Gasteiger partial charge in [0.2, 0.25) is 11.8 Å². The maximum atomic E-state index is 13.4. The number of ether oxygens (including phenoxy) is 2. The van der Waals surface area contributed by atoms with Gasteiger partial charge >= 0.3 is 0 Å². The molecule has 6 rings (SSSR count). The van der Waals surface area contributed by atoms with Crippen molar-refractivity contribution in [1.82, 2.24) is 0 Å². The number of hydrogen-bond acceptors (Lipinski definition) is 6. The van der Waals surface area contributed by atoms with Crippen molar-refractivity contribution in [2.24, 2.45) is 34.7 Å². The molecule has 0 unspecified atom stereocenters. The first kappa shape index (κ1) is 18.4. The highest BCUT2D eigenvalue weighted by Crippen LogP contribution is 2.62. The molecule has 158 valence electrons. The topological polar surface area (TPSA) is 77.4 Å². The summed E-state index contributed by atoms with van der Waals surface area (Å²) in [5.41, 5.74) is 2.45. The number of methoxy groups -OCH3 is 2. The number of nitrogens with zero attached hydrogens (tertiary/aromatic N) is 2. The number of rotatable bonds is 4. The van der Waals surface area contributed by atoms with E-state index >= 15 is 0 Å². The predicted molar refractivity (Wildman–Crippen MR) is 112 cm³/mol. The van der Waals surface area contributed by atoms with Crippen LogP contribution in [0, 0.1) is 29.6 Å². The van der Waals surface area contributed by atoms with Crippen LogP contribution in [-0.2, 0) is 14.4 Å². The smallest absolute Gasteiger partial charge is 0.238 e. The average Bonchev–Trinajstić information content (AvgIpc) is 3.54. The van der Waals surface area contributed by atoms with Gasteiger partial charge in [0.05, 0.1) is 37.5 Å². The molecule has 2 aliphatic carbocycles. The van der Waals surface area contributed by atoms with Crippen LogP contribution in [0.3, 0.4) is 0 Å². The second kappa shape index (κ2) is 6.57. The van der Waals surface area contributed by atoms with Crippen LogP contribution in [0.1, 0.15) is 12.0 Å². The highest BCUT2D eigenvalue weighted by Gasteiger charge is 2.70. The second-order valence-corrected chi connectivity index (χ2v) is 8.63. The molecule has 1 saturated heterocycles. The molecule has 0 spiro atoms. The van der Waals surface area contributed by atoms with E-state index in [9.17, 15) is 9.59 Å². The Kier molecular flexibility index (Phi) is 3.91. The number of carbonyl (C=O) groups is 2. The van der Waals surface area contributed by atoms with Crippen LogP contribution in [0.15, 0.2) is 53.7 Å². The molecule has 31 heavy (non-hydrogen) atoms. The Balaban J connectivity index is 1.31. The quantitative estimate of drug-likeness (QED) is 0.714. The molecule has 2 saturated carbocycles. The molecule has 0 aromatic heterocycles. The summed E-state index contributed by atoms with van der Waals surface area (Å²) in [6, 6.07) is 14.8. The molecular formula is C24H22N2O5. The second-order valence-electron chi connectivity index (χ2n) is 8.63. The Morgan fingerprint density at radius 3 is 2.03 bits per heavy atom. The van der Waals surface area contributed by atoms with Crippen molar-refractivity contribution in [1.29, 1.82) is 0 Å². The van der Waals surface area contributed by atoms with Crippen LogP contribution in [0.2, 0.25) is 0 Å². The zero-order chi connectivity index (χ0) is 21.3. The molecule has 6 atom stereocenters. The summed E-state index contributed by atoms with van der Waals surface area (Å²) in [4.78, 5) is 34.0. The summed E-state index contributed by atoms with van der Waals surface area (Å²) < 4.78 is 10.4. The third-order valence-electron chi connectivity index (χ3n) is 7.41. The van der Waals surface area contributed by atoms with Crippen molar-refractivity contribution in [2.45, 2.75) is 12.5 Å². The Morgan fingerprint density at radius 2 is 1.42 bits per heavy atom. The third-order valence-corrected chi connectivity index (χ3v) is 7.41. The van der Waals surface area contributed by atoms with E-state index in [0.717, 1.165) is 23.4 Å². The maximum Gasteiger partial charge on any atom is 0.238 e. The largest absolute Gasteiger partial charge is 0.497 e. The number of anilines is 1. The fourth-order valence-corrected chi connectivity index (χ4v) is 6.11. The molecule has 7 nitrogen and oxygen atoms in total. The Morgan fingerprint density at radius 1 is 0.839 bits per heavy atom. The van der Waals surface area contributed by atoms with Gasteiger partial charge in [-0.15, -0.1) is 0 Å². The number of oxime groups is 1. The Hall–Kier alpha value is -3.35. The molecule has 2 amide bonds. The summed E-state index contributed by atoms with van der Waals surface area (Å²) in [6.45, 7) is 0. The van der Waals surface area contributed by atoms with Crippen LogP contribution >= 0.6 is 0 Å². The Bertz CT molecular complexity index is 1090. The summed E-state index contributed by atoms with van der Waals surface area (Å²) >= 11 is 0. The van der Waals surface area contributed by atoms with E-state index in [2.05, 4.69) is 5.16 Å². The summed E-state index contributed by atoms with van der Waals surface area (Å²) in [6.07, 6.45) is 0.684. The van der Waals surface area contributed by atoms with E-state index in [0.29, 0.717) is 11.4 Å². The molecule has 7 heteroatoms. The highest BCUT2D eigenvalue weighted by atomic mass is 16.6. The SMILES string of the molecule is COc1ccc(C2=NO[C@H]3[C@@H]4C[C@@H]([C@@H]23)[C@H]2C(=O)N(c3ccc(OC)cc3)C(=O)[C@H]42)cc1. The summed E-state index contributed by atoms with van der Waals surface area (Å²) in [5.74, 6) is 0.706. The lowest BCUT2D eigenvalue weighted by Gasteiger charge is -2.29.